The van der Waals surface area contributed by atoms with E-state index in [-0.39, 0.29) is 0 Å². The van der Waals surface area contributed by atoms with Crippen molar-refractivity contribution in [3.05, 3.63) is 38.9 Å². The summed E-state index contributed by atoms with van der Waals surface area (Å²) in [6.07, 6.45) is 0. The minimum Gasteiger partial charge on any atom is -0.437 e. The zero-order chi connectivity index (χ0) is 10.1. The van der Waals surface area contributed by atoms with E-state index in [1.54, 1.807) is 0 Å². The third kappa shape index (κ3) is 1.93. The molecule has 0 aliphatic carbocycles. The van der Waals surface area contributed by atoms with Crippen molar-refractivity contribution in [1.82, 2.24) is 4.98 Å². The summed E-state index contributed by atoms with van der Waals surface area (Å²) in [5, 5.41) is 0.708. The van der Waals surface area contributed by atoms with Crippen LogP contribution in [0.25, 0.3) is 11.3 Å². The number of benzene rings is 1. The van der Waals surface area contributed by atoms with E-state index in [0.29, 0.717) is 8.92 Å². The molecule has 0 radical (unpaired) electrons. The minimum absolute atomic E-state index is 0.648. The number of hydrogen-bond donors (Lipinski definition) is 0. The molecule has 2 aromatic rings. The SMILES string of the molecule is Cc1oc(I)nc1-c1cccc(Cl)c1. The monoisotopic (exact) mass is 319 g/mol. The molecule has 0 aliphatic rings. The van der Waals surface area contributed by atoms with Gasteiger partial charge in [-0.25, -0.2) is 4.98 Å². The molecule has 4 heteroatoms. The zero-order valence-electron chi connectivity index (χ0n) is 7.42. The molecule has 1 aromatic heterocycles. The first kappa shape index (κ1) is 9.98. The molecule has 72 valence electrons. The molecule has 1 aromatic carbocycles. The zero-order valence-corrected chi connectivity index (χ0v) is 10.3. The molecule has 14 heavy (non-hydrogen) atoms. The number of hydrogen-bond acceptors (Lipinski definition) is 2. The molecular weight excluding hydrogens is 312 g/mol. The lowest BCUT2D eigenvalue weighted by molar-refractivity contribution is 0.497. The van der Waals surface area contributed by atoms with E-state index >= 15 is 0 Å². The topological polar surface area (TPSA) is 26.0 Å². The Labute approximate surface area is 100 Å². The summed E-state index contributed by atoms with van der Waals surface area (Å²) in [6, 6.07) is 7.58. The molecule has 0 unspecified atom stereocenters. The van der Waals surface area contributed by atoms with Gasteiger partial charge in [0, 0.05) is 33.2 Å². The molecule has 0 bridgehead atoms. The fourth-order valence-corrected chi connectivity index (χ4v) is 2.03. The van der Waals surface area contributed by atoms with Crippen molar-refractivity contribution in [1.29, 1.82) is 0 Å². The summed E-state index contributed by atoms with van der Waals surface area (Å²) in [6.45, 7) is 1.89. The van der Waals surface area contributed by atoms with Crippen molar-refractivity contribution in [2.75, 3.05) is 0 Å². The largest absolute Gasteiger partial charge is 0.437 e. The van der Waals surface area contributed by atoms with Crippen LogP contribution >= 0.6 is 34.2 Å². The summed E-state index contributed by atoms with van der Waals surface area (Å²) in [5.74, 6) is 0.816. The van der Waals surface area contributed by atoms with Crippen LogP contribution in [-0.4, -0.2) is 4.98 Å². The van der Waals surface area contributed by atoms with Gasteiger partial charge < -0.3 is 4.42 Å². The number of oxazole rings is 1. The Morgan fingerprint density at radius 2 is 2.21 bits per heavy atom. The minimum atomic E-state index is 0.648. The maximum absolute atomic E-state index is 5.89. The van der Waals surface area contributed by atoms with E-state index in [1.165, 1.54) is 0 Å². The van der Waals surface area contributed by atoms with Crippen molar-refractivity contribution in [2.24, 2.45) is 0 Å². The molecule has 0 fully saturated rings. The van der Waals surface area contributed by atoms with E-state index in [0.717, 1.165) is 17.0 Å². The average molecular weight is 320 g/mol. The Kier molecular flexibility index (Phi) is 2.78. The number of nitrogens with zero attached hydrogens (tertiary/aromatic N) is 1. The van der Waals surface area contributed by atoms with Gasteiger partial charge in [-0.3, -0.25) is 0 Å². The smallest absolute Gasteiger partial charge is 0.257 e. The quantitative estimate of drug-likeness (QED) is 0.745. The number of rotatable bonds is 1. The number of aryl methyl sites for hydroxylation is 1. The van der Waals surface area contributed by atoms with Gasteiger partial charge in [-0.05, 0) is 19.1 Å². The molecule has 2 nitrogen and oxygen atoms in total. The van der Waals surface area contributed by atoms with Crippen LogP contribution in [0.2, 0.25) is 5.02 Å². The van der Waals surface area contributed by atoms with E-state index < -0.39 is 0 Å². The second-order valence-corrected chi connectivity index (χ2v) is 4.24. The van der Waals surface area contributed by atoms with Gasteiger partial charge in [0.25, 0.3) is 3.90 Å². The first-order valence-electron chi connectivity index (χ1n) is 4.05. The summed E-state index contributed by atoms with van der Waals surface area (Å²) >= 11 is 7.94. The van der Waals surface area contributed by atoms with Crippen LogP contribution in [0.3, 0.4) is 0 Å². The third-order valence-electron chi connectivity index (χ3n) is 1.87. The fraction of sp³-hybridized carbons (Fsp3) is 0.100. The van der Waals surface area contributed by atoms with Gasteiger partial charge >= 0.3 is 0 Å². The fourth-order valence-electron chi connectivity index (χ4n) is 1.27. The van der Waals surface area contributed by atoms with E-state index in [9.17, 15) is 0 Å². The molecule has 0 amide bonds. The molecule has 2 rings (SSSR count). The highest BCUT2D eigenvalue weighted by atomic mass is 127. The Morgan fingerprint density at radius 1 is 1.43 bits per heavy atom. The molecular formula is C10H7ClINO. The molecule has 1 heterocycles. The first-order chi connectivity index (χ1) is 6.66. The van der Waals surface area contributed by atoms with Gasteiger partial charge in [0.05, 0.1) is 0 Å². The predicted octanol–water partition coefficient (Wildman–Crippen LogP) is 3.91. The van der Waals surface area contributed by atoms with Crippen molar-refractivity contribution < 1.29 is 4.42 Å². The highest BCUT2D eigenvalue weighted by molar-refractivity contribution is 14.1. The van der Waals surface area contributed by atoms with Gasteiger partial charge in [-0.15, -0.1) is 0 Å². The van der Waals surface area contributed by atoms with E-state index in [4.69, 9.17) is 16.0 Å². The Morgan fingerprint density at radius 3 is 2.79 bits per heavy atom. The number of aromatic nitrogens is 1. The standard InChI is InChI=1S/C10H7ClINO/c1-6-9(13-10(12)14-6)7-3-2-4-8(11)5-7/h2-5H,1H3. The molecule has 0 saturated heterocycles. The summed E-state index contributed by atoms with van der Waals surface area (Å²) in [4.78, 5) is 4.28. The number of halogens is 2. The molecule has 0 aliphatic heterocycles. The molecule has 0 saturated carbocycles. The summed E-state index contributed by atoms with van der Waals surface area (Å²) in [5.41, 5.74) is 1.85. The van der Waals surface area contributed by atoms with Crippen molar-refractivity contribution >= 4 is 34.2 Å². The third-order valence-corrected chi connectivity index (χ3v) is 2.57. The van der Waals surface area contributed by atoms with Crippen molar-refractivity contribution in [3.8, 4) is 11.3 Å². The van der Waals surface area contributed by atoms with E-state index in [2.05, 4.69) is 27.6 Å². The summed E-state index contributed by atoms with van der Waals surface area (Å²) < 4.78 is 5.99. The second kappa shape index (κ2) is 3.90. The Hall–Kier alpha value is -0.550. The van der Waals surface area contributed by atoms with E-state index in [1.807, 2.05) is 31.2 Å². The summed E-state index contributed by atoms with van der Waals surface area (Å²) in [7, 11) is 0. The Bertz CT molecular complexity index is 467. The second-order valence-electron chi connectivity index (χ2n) is 2.88. The van der Waals surface area contributed by atoms with Crippen molar-refractivity contribution in [2.45, 2.75) is 6.92 Å². The van der Waals surface area contributed by atoms with Gasteiger partial charge in [-0.2, -0.15) is 0 Å². The lowest BCUT2D eigenvalue weighted by atomic mass is 10.1. The van der Waals surface area contributed by atoms with Crippen LogP contribution in [-0.2, 0) is 0 Å². The van der Waals surface area contributed by atoms with Gasteiger partial charge in [0.2, 0.25) is 0 Å². The predicted molar refractivity (Wildman–Crippen MR) is 64.4 cm³/mol. The van der Waals surface area contributed by atoms with Crippen LogP contribution in [0.5, 0.6) is 0 Å². The molecule has 0 atom stereocenters. The highest BCUT2D eigenvalue weighted by Crippen LogP contribution is 2.25. The molecule has 0 spiro atoms. The maximum Gasteiger partial charge on any atom is 0.257 e. The van der Waals surface area contributed by atoms with Crippen LogP contribution < -0.4 is 0 Å². The first-order valence-corrected chi connectivity index (χ1v) is 5.51. The van der Waals surface area contributed by atoms with Crippen molar-refractivity contribution in [3.63, 3.8) is 0 Å². The average Bonchev–Trinajstić information content (AvgIpc) is 2.45. The van der Waals surface area contributed by atoms with Crippen LogP contribution in [0.1, 0.15) is 5.76 Å². The van der Waals surface area contributed by atoms with Crippen LogP contribution in [0.4, 0.5) is 0 Å². The highest BCUT2D eigenvalue weighted by Gasteiger charge is 2.09. The van der Waals surface area contributed by atoms with Crippen LogP contribution in [0, 0.1) is 10.8 Å². The molecule has 0 N–H and O–H groups in total. The van der Waals surface area contributed by atoms with Crippen LogP contribution in [0.15, 0.2) is 28.7 Å². The van der Waals surface area contributed by atoms with Gasteiger partial charge in [0.1, 0.15) is 11.5 Å². The Balaban J connectivity index is 2.54. The lowest BCUT2D eigenvalue weighted by Crippen LogP contribution is -1.80. The van der Waals surface area contributed by atoms with Gasteiger partial charge in [0.15, 0.2) is 0 Å². The maximum atomic E-state index is 5.89. The normalized spacial score (nSPS) is 10.5. The van der Waals surface area contributed by atoms with Gasteiger partial charge in [-0.1, -0.05) is 23.7 Å². The lowest BCUT2D eigenvalue weighted by Gasteiger charge is -1.97.